The highest BCUT2D eigenvalue weighted by molar-refractivity contribution is 6.84. The Labute approximate surface area is 184 Å². The smallest absolute Gasteiger partial charge is 0.328 e. The van der Waals surface area contributed by atoms with Gasteiger partial charge in [-0.05, 0) is 31.2 Å². The molecule has 1 rings (SSSR count). The van der Waals surface area contributed by atoms with E-state index in [0.29, 0.717) is 12.8 Å². The molecule has 0 fully saturated rings. The van der Waals surface area contributed by atoms with Crippen LogP contribution in [0.4, 0.5) is 5.69 Å². The number of amides is 1. The van der Waals surface area contributed by atoms with E-state index in [9.17, 15) is 24.5 Å². The van der Waals surface area contributed by atoms with Gasteiger partial charge in [-0.3, -0.25) is 19.7 Å². The Bertz CT molecular complexity index is 865. The quantitative estimate of drug-likeness (QED) is 0.180. The number of ether oxygens (including phenoxy) is 1. The molecule has 9 heteroatoms. The predicted molar refractivity (Wildman–Crippen MR) is 120 cm³/mol. The van der Waals surface area contributed by atoms with Crippen molar-refractivity contribution < 1.29 is 24.0 Å². The van der Waals surface area contributed by atoms with Crippen LogP contribution in [0.5, 0.6) is 0 Å². The highest BCUT2D eigenvalue weighted by atomic mass is 28.3. The molecule has 0 bridgehead atoms. The van der Waals surface area contributed by atoms with Gasteiger partial charge in [0, 0.05) is 31.5 Å². The Morgan fingerprint density at radius 2 is 1.77 bits per heavy atom. The summed E-state index contributed by atoms with van der Waals surface area (Å²) in [5.74, 6) is 1.68. The molecule has 168 valence electrons. The molecule has 31 heavy (non-hydrogen) atoms. The van der Waals surface area contributed by atoms with Crippen molar-refractivity contribution in [2.45, 2.75) is 58.3 Å². The Balaban J connectivity index is 2.74. The number of non-ortho nitro benzene ring substituents is 1. The van der Waals surface area contributed by atoms with Crippen molar-refractivity contribution in [3.8, 4) is 11.5 Å². The third-order valence-electron chi connectivity index (χ3n) is 4.49. The number of nitrogens with zero attached hydrogens (tertiary/aromatic N) is 2. The second-order valence-corrected chi connectivity index (χ2v) is 13.0. The molecule has 0 N–H and O–H groups in total. The van der Waals surface area contributed by atoms with Gasteiger partial charge in [0.25, 0.3) is 5.69 Å². The van der Waals surface area contributed by atoms with Gasteiger partial charge >= 0.3 is 5.97 Å². The van der Waals surface area contributed by atoms with Crippen molar-refractivity contribution in [1.82, 2.24) is 4.90 Å². The van der Waals surface area contributed by atoms with Gasteiger partial charge in [0.05, 0.1) is 12.0 Å². The lowest BCUT2D eigenvalue weighted by molar-refractivity contribution is -0.384. The lowest BCUT2D eigenvalue weighted by atomic mass is 10.1. The minimum Gasteiger partial charge on any atom is -0.467 e. The fourth-order valence-electron chi connectivity index (χ4n) is 2.73. The molecule has 1 aromatic carbocycles. The molecule has 0 aliphatic carbocycles. The van der Waals surface area contributed by atoms with Crippen molar-refractivity contribution in [3.63, 3.8) is 0 Å². The highest BCUT2D eigenvalue weighted by Gasteiger charge is 2.26. The van der Waals surface area contributed by atoms with Gasteiger partial charge in [0.15, 0.2) is 0 Å². The van der Waals surface area contributed by atoms with Crippen LogP contribution in [0.2, 0.25) is 19.6 Å². The minimum atomic E-state index is -1.63. The second-order valence-electron chi connectivity index (χ2n) is 8.24. The summed E-state index contributed by atoms with van der Waals surface area (Å²) in [7, 11) is -0.372. The molecule has 1 aromatic rings. The van der Waals surface area contributed by atoms with Crippen molar-refractivity contribution >= 4 is 31.4 Å². The molecule has 1 amide bonds. The standard InChI is InChI=1S/C22H30N2O6Si/c1-17(22(27)30-2)23(15-13-18-9-11-19(12-10-18)24(28)29)21(26)8-6-7-20(25)14-16-31(3,4)5/h9-12,17H,6-8,13,15H2,1-5H3. The van der Waals surface area contributed by atoms with Gasteiger partial charge in [0.1, 0.15) is 14.1 Å². The van der Waals surface area contributed by atoms with Gasteiger partial charge < -0.3 is 9.64 Å². The number of Topliss-reactive ketones (excluding diaryl/α,β-unsaturated/α-hetero) is 1. The zero-order chi connectivity index (χ0) is 23.6. The Morgan fingerprint density at radius 1 is 1.16 bits per heavy atom. The van der Waals surface area contributed by atoms with E-state index in [1.807, 2.05) is 19.6 Å². The van der Waals surface area contributed by atoms with Crippen molar-refractivity contribution in [2.24, 2.45) is 0 Å². The Hall–Kier alpha value is -2.99. The molecule has 0 heterocycles. The fraction of sp³-hybridized carbons (Fsp3) is 0.500. The van der Waals surface area contributed by atoms with E-state index in [1.54, 1.807) is 19.1 Å². The van der Waals surface area contributed by atoms with Crippen LogP contribution in [-0.2, 0) is 25.5 Å². The van der Waals surface area contributed by atoms with E-state index in [2.05, 4.69) is 11.5 Å². The first kappa shape index (κ1) is 26.0. The number of nitro benzene ring substituents is 1. The monoisotopic (exact) mass is 446 g/mol. The first-order valence-corrected chi connectivity index (χ1v) is 13.6. The average molecular weight is 447 g/mol. The summed E-state index contributed by atoms with van der Waals surface area (Å²) in [4.78, 5) is 48.4. The topological polar surface area (TPSA) is 107 Å². The number of esters is 1. The van der Waals surface area contributed by atoms with Crippen molar-refractivity contribution in [2.75, 3.05) is 13.7 Å². The summed E-state index contributed by atoms with van der Waals surface area (Å²) < 4.78 is 4.77. The fourth-order valence-corrected chi connectivity index (χ4v) is 3.24. The Morgan fingerprint density at radius 3 is 2.29 bits per heavy atom. The molecule has 0 aliphatic heterocycles. The third-order valence-corrected chi connectivity index (χ3v) is 5.37. The summed E-state index contributed by atoms with van der Waals surface area (Å²) in [6.07, 6.45) is 1.07. The zero-order valence-corrected chi connectivity index (χ0v) is 19.8. The number of benzene rings is 1. The van der Waals surface area contributed by atoms with Crippen LogP contribution in [0, 0.1) is 21.6 Å². The van der Waals surface area contributed by atoms with E-state index in [-0.39, 0.29) is 36.8 Å². The van der Waals surface area contributed by atoms with Crippen molar-refractivity contribution in [3.05, 3.63) is 39.9 Å². The highest BCUT2D eigenvalue weighted by Crippen LogP contribution is 2.14. The number of hydrogen-bond acceptors (Lipinski definition) is 6. The van der Waals surface area contributed by atoms with Gasteiger partial charge in [-0.15, -0.1) is 5.54 Å². The van der Waals surface area contributed by atoms with Gasteiger partial charge in [-0.1, -0.05) is 31.8 Å². The summed E-state index contributed by atoms with van der Waals surface area (Å²) in [6, 6.07) is 5.27. The van der Waals surface area contributed by atoms with Crippen molar-refractivity contribution in [1.29, 1.82) is 0 Å². The van der Waals surface area contributed by atoms with E-state index in [0.717, 1.165) is 5.56 Å². The molecule has 0 saturated carbocycles. The second kappa shape index (κ2) is 12.0. The number of rotatable bonds is 10. The maximum atomic E-state index is 12.8. The zero-order valence-electron chi connectivity index (χ0n) is 18.8. The lowest BCUT2D eigenvalue weighted by Gasteiger charge is -2.27. The number of carbonyl (C=O) groups is 3. The number of methoxy groups -OCH3 is 1. The number of nitro groups is 1. The maximum absolute atomic E-state index is 12.8. The lowest BCUT2D eigenvalue weighted by Crippen LogP contribution is -2.44. The summed E-state index contributed by atoms with van der Waals surface area (Å²) >= 11 is 0. The molecule has 1 unspecified atom stereocenters. The van der Waals surface area contributed by atoms with Crippen LogP contribution in [-0.4, -0.2) is 55.3 Å². The van der Waals surface area contributed by atoms with Gasteiger partial charge in [-0.25, -0.2) is 4.79 Å². The molecule has 0 aliphatic rings. The van der Waals surface area contributed by atoms with Crippen LogP contribution in [0.3, 0.4) is 0 Å². The molecule has 1 atom stereocenters. The molecular weight excluding hydrogens is 416 g/mol. The third kappa shape index (κ3) is 9.57. The number of carbonyl (C=O) groups excluding carboxylic acids is 3. The number of ketones is 1. The molecular formula is C22H30N2O6Si. The van der Waals surface area contributed by atoms with Crippen LogP contribution in [0.15, 0.2) is 24.3 Å². The molecule has 0 radical (unpaired) electrons. The van der Waals surface area contributed by atoms with Crippen LogP contribution in [0.25, 0.3) is 0 Å². The SMILES string of the molecule is COC(=O)C(C)N(CCc1ccc([N+](=O)[O-])cc1)C(=O)CCCC(=O)C#C[Si](C)(C)C. The van der Waals surface area contributed by atoms with E-state index in [1.165, 1.54) is 24.1 Å². The first-order valence-electron chi connectivity index (χ1n) is 10.1. The van der Waals surface area contributed by atoms with Crippen LogP contribution >= 0.6 is 0 Å². The van der Waals surface area contributed by atoms with E-state index in [4.69, 9.17) is 4.74 Å². The summed E-state index contributed by atoms with van der Waals surface area (Å²) in [6.45, 7) is 7.98. The minimum absolute atomic E-state index is 0.0125. The van der Waals surface area contributed by atoms with Crippen LogP contribution < -0.4 is 0 Å². The Kier molecular flexibility index (Phi) is 10.1. The predicted octanol–water partition coefficient (Wildman–Crippen LogP) is 3.15. The van der Waals surface area contributed by atoms with Gasteiger partial charge in [0.2, 0.25) is 11.7 Å². The van der Waals surface area contributed by atoms with E-state index < -0.39 is 25.0 Å². The molecule has 0 spiro atoms. The van der Waals surface area contributed by atoms with Crippen LogP contribution in [0.1, 0.15) is 31.7 Å². The average Bonchev–Trinajstić information content (AvgIpc) is 2.71. The largest absolute Gasteiger partial charge is 0.467 e. The van der Waals surface area contributed by atoms with Gasteiger partial charge in [-0.2, -0.15) is 0 Å². The maximum Gasteiger partial charge on any atom is 0.328 e. The molecule has 8 nitrogen and oxygen atoms in total. The summed E-state index contributed by atoms with van der Waals surface area (Å²) in [5.41, 5.74) is 3.80. The number of hydrogen-bond donors (Lipinski definition) is 0. The normalized spacial score (nSPS) is 11.6. The van der Waals surface area contributed by atoms with E-state index >= 15 is 0 Å². The molecule has 0 aromatic heterocycles. The first-order chi connectivity index (χ1) is 14.4. The molecule has 0 saturated heterocycles. The summed E-state index contributed by atoms with van der Waals surface area (Å²) in [5, 5.41) is 10.8.